The van der Waals surface area contributed by atoms with Crippen LogP contribution >= 0.6 is 0 Å². The van der Waals surface area contributed by atoms with Gasteiger partial charge in [-0.25, -0.2) is 0 Å². The second kappa shape index (κ2) is 8.49. The summed E-state index contributed by atoms with van der Waals surface area (Å²) in [5.41, 5.74) is 1.19. The van der Waals surface area contributed by atoms with Crippen molar-refractivity contribution >= 4 is 5.91 Å². The quantitative estimate of drug-likeness (QED) is 0.796. The van der Waals surface area contributed by atoms with E-state index in [0.717, 1.165) is 31.9 Å². The maximum Gasteiger partial charge on any atom is 0.260 e. The van der Waals surface area contributed by atoms with E-state index in [4.69, 9.17) is 4.74 Å². The molecule has 0 N–H and O–H groups in total. The van der Waals surface area contributed by atoms with E-state index < -0.39 is 0 Å². The van der Waals surface area contributed by atoms with E-state index in [0.29, 0.717) is 12.1 Å². The zero-order valence-electron chi connectivity index (χ0n) is 15.7. The molecule has 24 heavy (non-hydrogen) atoms. The molecule has 5 heteroatoms. The first-order valence-corrected chi connectivity index (χ1v) is 8.74. The molecule has 1 saturated heterocycles. The predicted molar refractivity (Wildman–Crippen MR) is 97.4 cm³/mol. The number of rotatable bonds is 6. The number of hydrogen-bond donors (Lipinski definition) is 0. The fraction of sp³-hybridized carbons (Fsp3) is 0.632. The Morgan fingerprint density at radius 2 is 1.75 bits per heavy atom. The smallest absolute Gasteiger partial charge is 0.260 e. The monoisotopic (exact) mass is 333 g/mol. The molecule has 1 aromatic carbocycles. The van der Waals surface area contributed by atoms with E-state index in [1.54, 1.807) is 0 Å². The first-order valence-electron chi connectivity index (χ1n) is 8.74. The summed E-state index contributed by atoms with van der Waals surface area (Å²) in [7, 11) is 4.19. The summed E-state index contributed by atoms with van der Waals surface area (Å²) in [4.78, 5) is 19.1. The standard InChI is InChI=1S/C19H31N3O2/c1-15-6-8-18(9-7-15)24-14-19(23)21-12-16(2)22(17(3)13-21)11-10-20(4)5/h6-9,16-17H,10-14H2,1-5H3. The van der Waals surface area contributed by atoms with Gasteiger partial charge in [-0.1, -0.05) is 17.7 Å². The van der Waals surface area contributed by atoms with E-state index >= 15 is 0 Å². The van der Waals surface area contributed by atoms with Crippen LogP contribution in [0.1, 0.15) is 19.4 Å². The van der Waals surface area contributed by atoms with Crippen molar-refractivity contribution in [3.63, 3.8) is 0 Å². The Balaban J connectivity index is 1.84. The lowest BCUT2D eigenvalue weighted by Crippen LogP contribution is -2.59. The summed E-state index contributed by atoms with van der Waals surface area (Å²) in [6.45, 7) is 10.2. The van der Waals surface area contributed by atoms with Gasteiger partial charge >= 0.3 is 0 Å². The molecule has 0 spiro atoms. The number of carbonyl (C=O) groups excluding carboxylic acids is 1. The van der Waals surface area contributed by atoms with Gasteiger partial charge in [-0.2, -0.15) is 0 Å². The highest BCUT2D eigenvalue weighted by atomic mass is 16.5. The molecule has 1 aliphatic heterocycles. The Kier molecular flexibility index (Phi) is 6.63. The molecule has 1 fully saturated rings. The van der Waals surface area contributed by atoms with Gasteiger partial charge in [0, 0.05) is 38.3 Å². The van der Waals surface area contributed by atoms with E-state index in [1.807, 2.05) is 36.1 Å². The van der Waals surface area contributed by atoms with Crippen LogP contribution in [0.2, 0.25) is 0 Å². The van der Waals surface area contributed by atoms with Crippen molar-refractivity contribution in [1.82, 2.24) is 14.7 Å². The summed E-state index contributed by atoms with van der Waals surface area (Å²) in [5, 5.41) is 0. The minimum atomic E-state index is 0.0709. The molecule has 0 aliphatic carbocycles. The summed E-state index contributed by atoms with van der Waals surface area (Å²) < 4.78 is 5.64. The van der Waals surface area contributed by atoms with Crippen molar-refractivity contribution in [2.24, 2.45) is 0 Å². The molecule has 2 unspecified atom stereocenters. The summed E-state index contributed by atoms with van der Waals surface area (Å²) in [6, 6.07) is 8.55. The normalized spacial score (nSPS) is 22.0. The molecule has 0 aromatic heterocycles. The molecule has 0 saturated carbocycles. The van der Waals surface area contributed by atoms with Gasteiger partial charge in [0.05, 0.1) is 0 Å². The summed E-state index contributed by atoms with van der Waals surface area (Å²) in [6.07, 6.45) is 0. The highest BCUT2D eigenvalue weighted by Crippen LogP contribution is 2.16. The van der Waals surface area contributed by atoms with E-state index in [-0.39, 0.29) is 12.5 Å². The van der Waals surface area contributed by atoms with Gasteiger partial charge in [0.1, 0.15) is 5.75 Å². The lowest BCUT2D eigenvalue weighted by molar-refractivity contribution is -0.137. The van der Waals surface area contributed by atoms with Crippen molar-refractivity contribution in [1.29, 1.82) is 0 Å². The van der Waals surface area contributed by atoms with E-state index in [2.05, 4.69) is 37.7 Å². The number of carbonyl (C=O) groups is 1. The van der Waals surface area contributed by atoms with Gasteiger partial charge in [0.2, 0.25) is 0 Å². The molecule has 0 bridgehead atoms. The van der Waals surface area contributed by atoms with Crippen LogP contribution in [0.25, 0.3) is 0 Å². The van der Waals surface area contributed by atoms with Crippen LogP contribution in [0.15, 0.2) is 24.3 Å². The highest BCUT2D eigenvalue weighted by Gasteiger charge is 2.31. The van der Waals surface area contributed by atoms with E-state index in [1.165, 1.54) is 5.56 Å². The van der Waals surface area contributed by atoms with Crippen LogP contribution in [-0.4, -0.2) is 79.6 Å². The maximum absolute atomic E-state index is 12.5. The molecular formula is C19H31N3O2. The third kappa shape index (κ3) is 5.21. The van der Waals surface area contributed by atoms with Gasteiger partial charge in [-0.05, 0) is 47.0 Å². The maximum atomic E-state index is 12.5. The SMILES string of the molecule is Cc1ccc(OCC(=O)N2CC(C)N(CCN(C)C)C(C)C2)cc1. The minimum absolute atomic E-state index is 0.0709. The predicted octanol–water partition coefficient (Wildman–Crippen LogP) is 1.86. The van der Waals surface area contributed by atoms with Crippen molar-refractivity contribution < 1.29 is 9.53 Å². The molecule has 1 aliphatic rings. The van der Waals surface area contributed by atoms with Crippen LogP contribution in [0, 0.1) is 6.92 Å². The van der Waals surface area contributed by atoms with Crippen molar-refractivity contribution in [3.05, 3.63) is 29.8 Å². The van der Waals surface area contributed by atoms with Crippen molar-refractivity contribution in [2.45, 2.75) is 32.9 Å². The highest BCUT2D eigenvalue weighted by molar-refractivity contribution is 5.78. The summed E-state index contributed by atoms with van der Waals surface area (Å²) >= 11 is 0. The molecule has 1 aromatic rings. The number of benzene rings is 1. The molecule has 0 radical (unpaired) electrons. The zero-order chi connectivity index (χ0) is 17.7. The van der Waals surface area contributed by atoms with Gasteiger partial charge in [-0.15, -0.1) is 0 Å². The number of likely N-dealkylation sites (N-methyl/N-ethyl adjacent to an activating group) is 1. The Labute approximate surface area is 146 Å². The number of nitrogens with zero attached hydrogens (tertiary/aromatic N) is 3. The molecule has 2 rings (SSSR count). The topological polar surface area (TPSA) is 36.0 Å². The van der Waals surface area contributed by atoms with Crippen molar-refractivity contribution in [2.75, 3.05) is 46.9 Å². The van der Waals surface area contributed by atoms with Crippen LogP contribution in [-0.2, 0) is 4.79 Å². The van der Waals surface area contributed by atoms with Crippen LogP contribution in [0.4, 0.5) is 0 Å². The third-order valence-electron chi connectivity index (χ3n) is 4.64. The Hall–Kier alpha value is -1.59. The molecule has 134 valence electrons. The first kappa shape index (κ1) is 18.7. The minimum Gasteiger partial charge on any atom is -0.484 e. The fourth-order valence-corrected chi connectivity index (χ4v) is 3.19. The fourth-order valence-electron chi connectivity index (χ4n) is 3.19. The lowest BCUT2D eigenvalue weighted by atomic mass is 10.1. The van der Waals surface area contributed by atoms with E-state index in [9.17, 15) is 4.79 Å². The second-order valence-electron chi connectivity index (χ2n) is 7.14. The second-order valence-corrected chi connectivity index (χ2v) is 7.14. The lowest BCUT2D eigenvalue weighted by Gasteiger charge is -2.44. The number of hydrogen-bond acceptors (Lipinski definition) is 4. The van der Waals surface area contributed by atoms with Crippen LogP contribution < -0.4 is 4.74 Å². The van der Waals surface area contributed by atoms with Gasteiger partial charge in [0.25, 0.3) is 5.91 Å². The van der Waals surface area contributed by atoms with Gasteiger partial charge < -0.3 is 14.5 Å². The Bertz CT molecular complexity index is 518. The molecule has 2 atom stereocenters. The van der Waals surface area contributed by atoms with Crippen LogP contribution in [0.5, 0.6) is 5.75 Å². The molecular weight excluding hydrogens is 302 g/mol. The van der Waals surface area contributed by atoms with Gasteiger partial charge in [-0.3, -0.25) is 9.69 Å². The van der Waals surface area contributed by atoms with Crippen LogP contribution in [0.3, 0.4) is 0 Å². The van der Waals surface area contributed by atoms with Crippen molar-refractivity contribution in [3.8, 4) is 5.75 Å². The number of amides is 1. The number of aryl methyl sites for hydroxylation is 1. The van der Waals surface area contributed by atoms with Gasteiger partial charge in [0.15, 0.2) is 6.61 Å². The zero-order valence-corrected chi connectivity index (χ0v) is 15.7. The average molecular weight is 333 g/mol. The Morgan fingerprint density at radius 3 is 2.29 bits per heavy atom. The summed E-state index contributed by atoms with van der Waals surface area (Å²) in [5.74, 6) is 0.821. The third-order valence-corrected chi connectivity index (χ3v) is 4.64. The molecule has 5 nitrogen and oxygen atoms in total. The first-order chi connectivity index (χ1) is 11.4. The number of ether oxygens (including phenoxy) is 1. The number of piperazine rings is 1. The average Bonchev–Trinajstić information content (AvgIpc) is 2.52. The molecule has 1 heterocycles. The Morgan fingerprint density at radius 1 is 1.17 bits per heavy atom. The molecule has 1 amide bonds. The largest absolute Gasteiger partial charge is 0.484 e.